The van der Waals surface area contributed by atoms with Crippen LogP contribution in [0.2, 0.25) is 0 Å². The van der Waals surface area contributed by atoms with Crippen LogP contribution in [0, 0.1) is 5.82 Å². The molecule has 0 aromatic heterocycles. The lowest BCUT2D eigenvalue weighted by Crippen LogP contribution is -2.67. The molecule has 154 valence electrons. The van der Waals surface area contributed by atoms with Gasteiger partial charge in [0, 0.05) is 38.3 Å². The number of methoxy groups -OCH3 is 1. The number of piperidine rings is 1. The summed E-state index contributed by atoms with van der Waals surface area (Å²) in [6, 6.07) is 4.40. The van der Waals surface area contributed by atoms with Crippen LogP contribution in [0.25, 0.3) is 0 Å². The Labute approximate surface area is 164 Å². The second-order valence-corrected chi connectivity index (χ2v) is 8.06. The monoisotopic (exact) mass is 393 g/mol. The lowest BCUT2D eigenvalue weighted by atomic mass is 9.88. The molecule has 0 aliphatic carbocycles. The van der Waals surface area contributed by atoms with Crippen LogP contribution in [0.5, 0.6) is 5.75 Å². The highest BCUT2D eigenvalue weighted by atomic mass is 19.1. The third-order valence-electron chi connectivity index (χ3n) is 5.78. The number of β-amino-alcohol motifs (C(OH)–C–C–N with tert-alkyl or cyclic N) is 1. The van der Waals surface area contributed by atoms with Crippen LogP contribution in [0.4, 0.5) is 4.39 Å². The van der Waals surface area contributed by atoms with E-state index in [4.69, 9.17) is 4.74 Å². The summed E-state index contributed by atoms with van der Waals surface area (Å²) in [6.45, 7) is 5.17. The summed E-state index contributed by atoms with van der Waals surface area (Å²) in [5.74, 6) is -0.461. The molecule has 0 unspecified atom stereocenters. The maximum Gasteiger partial charge on any atom is 0.256 e. The van der Waals surface area contributed by atoms with Crippen molar-refractivity contribution in [1.82, 2.24) is 15.1 Å². The topological polar surface area (TPSA) is 82.1 Å². The van der Waals surface area contributed by atoms with Gasteiger partial charge in [0.05, 0.1) is 12.6 Å². The van der Waals surface area contributed by atoms with Gasteiger partial charge in [-0.2, -0.15) is 0 Å². The van der Waals surface area contributed by atoms with Gasteiger partial charge in [-0.25, -0.2) is 4.39 Å². The van der Waals surface area contributed by atoms with Crippen LogP contribution in [0.1, 0.15) is 32.3 Å². The fourth-order valence-electron chi connectivity index (χ4n) is 3.90. The van der Waals surface area contributed by atoms with E-state index in [2.05, 4.69) is 5.32 Å². The number of likely N-dealkylation sites (tertiary alicyclic amines) is 1. The van der Waals surface area contributed by atoms with Crippen LogP contribution >= 0.6 is 0 Å². The molecule has 2 aliphatic rings. The molecule has 28 heavy (non-hydrogen) atoms. The van der Waals surface area contributed by atoms with Crippen molar-refractivity contribution in [3.8, 4) is 5.75 Å². The van der Waals surface area contributed by atoms with Gasteiger partial charge in [0.15, 0.2) is 5.60 Å². The average Bonchev–Trinajstić information content (AvgIpc) is 2.65. The van der Waals surface area contributed by atoms with Crippen molar-refractivity contribution in [2.45, 2.75) is 44.4 Å². The third-order valence-corrected chi connectivity index (χ3v) is 5.78. The highest BCUT2D eigenvalue weighted by Crippen LogP contribution is 2.29. The molecule has 2 aliphatic heterocycles. The fourth-order valence-corrected chi connectivity index (χ4v) is 3.90. The molecule has 0 radical (unpaired) electrons. The van der Waals surface area contributed by atoms with E-state index in [1.165, 1.54) is 24.1 Å². The number of piperazine rings is 1. The van der Waals surface area contributed by atoms with E-state index in [0.717, 1.165) is 0 Å². The smallest absolute Gasteiger partial charge is 0.256 e. The van der Waals surface area contributed by atoms with Crippen LogP contribution < -0.4 is 10.1 Å². The molecule has 2 heterocycles. The predicted octanol–water partition coefficient (Wildman–Crippen LogP) is 0.898. The van der Waals surface area contributed by atoms with E-state index >= 15 is 0 Å². The van der Waals surface area contributed by atoms with Crippen molar-refractivity contribution in [1.29, 1.82) is 0 Å². The minimum atomic E-state index is -1.59. The Morgan fingerprint density at radius 1 is 1.29 bits per heavy atom. The number of benzene rings is 1. The summed E-state index contributed by atoms with van der Waals surface area (Å²) in [4.78, 5) is 28.6. The molecule has 7 nitrogen and oxygen atoms in total. The van der Waals surface area contributed by atoms with E-state index in [-0.39, 0.29) is 19.0 Å². The lowest BCUT2D eigenvalue weighted by molar-refractivity contribution is -0.164. The van der Waals surface area contributed by atoms with Crippen molar-refractivity contribution in [2.75, 3.05) is 33.3 Å². The molecule has 0 saturated carbocycles. The standard InChI is InChI=1S/C20H28FN3O4/c1-19(2)17(25)22-8-10-24(19)13-20(27)7-4-9-23(18(20)26)12-14-11-15(28-3)5-6-16(14)21/h5-6,11,27H,4,7-10,12-13H2,1-3H3,(H,22,25)/t20-/m0/s1. The van der Waals surface area contributed by atoms with E-state index in [0.29, 0.717) is 43.8 Å². The van der Waals surface area contributed by atoms with Crippen molar-refractivity contribution in [2.24, 2.45) is 0 Å². The van der Waals surface area contributed by atoms with Gasteiger partial charge in [0.25, 0.3) is 5.91 Å². The number of aliphatic hydroxyl groups is 1. The Balaban J connectivity index is 1.77. The summed E-state index contributed by atoms with van der Waals surface area (Å²) in [7, 11) is 1.50. The third kappa shape index (κ3) is 3.84. The minimum absolute atomic E-state index is 0.0635. The Hall–Kier alpha value is -2.19. The molecule has 1 aromatic carbocycles. The van der Waals surface area contributed by atoms with Gasteiger partial charge in [0.2, 0.25) is 5.91 Å². The summed E-state index contributed by atoms with van der Waals surface area (Å²) >= 11 is 0. The molecule has 2 N–H and O–H groups in total. The molecular formula is C20H28FN3O4. The summed E-state index contributed by atoms with van der Waals surface area (Å²) in [5.41, 5.74) is -2.06. The van der Waals surface area contributed by atoms with Crippen LogP contribution in [-0.4, -0.2) is 71.1 Å². The SMILES string of the molecule is COc1ccc(F)c(CN2CCC[C@](O)(CN3CCNC(=O)C3(C)C)C2=O)c1. The number of hydrogen-bond acceptors (Lipinski definition) is 5. The number of carbonyl (C=O) groups is 2. The molecule has 2 amide bonds. The Kier molecular flexibility index (Phi) is 5.63. The van der Waals surface area contributed by atoms with E-state index in [9.17, 15) is 19.1 Å². The van der Waals surface area contributed by atoms with E-state index < -0.39 is 22.9 Å². The molecule has 3 rings (SSSR count). The molecule has 2 saturated heterocycles. The lowest BCUT2D eigenvalue weighted by Gasteiger charge is -2.46. The number of halogens is 1. The number of ether oxygens (including phenoxy) is 1. The molecule has 0 spiro atoms. The number of rotatable bonds is 5. The van der Waals surface area contributed by atoms with Crippen molar-refractivity contribution in [3.63, 3.8) is 0 Å². The van der Waals surface area contributed by atoms with E-state index in [1.54, 1.807) is 19.9 Å². The summed E-state index contributed by atoms with van der Waals surface area (Å²) < 4.78 is 19.3. The molecule has 2 fully saturated rings. The van der Waals surface area contributed by atoms with Crippen LogP contribution in [-0.2, 0) is 16.1 Å². The van der Waals surface area contributed by atoms with Crippen LogP contribution in [0.3, 0.4) is 0 Å². The largest absolute Gasteiger partial charge is 0.497 e. The molecule has 1 aromatic rings. The zero-order chi connectivity index (χ0) is 20.5. The van der Waals surface area contributed by atoms with E-state index in [1.807, 2.05) is 4.90 Å². The van der Waals surface area contributed by atoms with Gasteiger partial charge in [-0.05, 0) is 44.9 Å². The molecular weight excluding hydrogens is 365 g/mol. The van der Waals surface area contributed by atoms with Gasteiger partial charge < -0.3 is 20.1 Å². The predicted molar refractivity (Wildman–Crippen MR) is 101 cm³/mol. The average molecular weight is 393 g/mol. The maximum absolute atomic E-state index is 14.2. The first-order chi connectivity index (χ1) is 13.2. The number of amides is 2. The second kappa shape index (κ2) is 7.67. The number of nitrogens with one attached hydrogen (secondary N) is 1. The molecule has 8 heteroatoms. The highest BCUT2D eigenvalue weighted by molar-refractivity contribution is 5.88. The van der Waals surface area contributed by atoms with Gasteiger partial charge >= 0.3 is 0 Å². The highest BCUT2D eigenvalue weighted by Gasteiger charge is 2.48. The Morgan fingerprint density at radius 2 is 2.04 bits per heavy atom. The first-order valence-electron chi connectivity index (χ1n) is 9.55. The quantitative estimate of drug-likeness (QED) is 0.777. The van der Waals surface area contributed by atoms with Gasteiger partial charge in [-0.3, -0.25) is 14.5 Å². The second-order valence-electron chi connectivity index (χ2n) is 8.06. The number of nitrogens with zero attached hydrogens (tertiary/aromatic N) is 2. The zero-order valence-corrected chi connectivity index (χ0v) is 16.6. The first kappa shape index (κ1) is 20.5. The molecule has 0 bridgehead atoms. The minimum Gasteiger partial charge on any atom is -0.497 e. The van der Waals surface area contributed by atoms with Crippen molar-refractivity contribution < 1.29 is 23.8 Å². The normalized spacial score (nSPS) is 25.5. The Bertz CT molecular complexity index is 770. The number of carbonyl (C=O) groups excluding carboxylic acids is 2. The Morgan fingerprint density at radius 3 is 2.75 bits per heavy atom. The van der Waals surface area contributed by atoms with Gasteiger partial charge in [0.1, 0.15) is 11.6 Å². The fraction of sp³-hybridized carbons (Fsp3) is 0.600. The summed E-state index contributed by atoms with van der Waals surface area (Å²) in [5, 5.41) is 14.0. The van der Waals surface area contributed by atoms with Gasteiger partial charge in [-0.15, -0.1) is 0 Å². The first-order valence-corrected chi connectivity index (χ1v) is 9.55. The number of hydrogen-bond donors (Lipinski definition) is 2. The molecule has 1 atom stereocenters. The van der Waals surface area contributed by atoms with Crippen molar-refractivity contribution in [3.05, 3.63) is 29.6 Å². The summed E-state index contributed by atoms with van der Waals surface area (Å²) in [6.07, 6.45) is 0.922. The zero-order valence-electron chi connectivity index (χ0n) is 16.6. The van der Waals surface area contributed by atoms with Gasteiger partial charge in [-0.1, -0.05) is 0 Å². The van der Waals surface area contributed by atoms with Crippen molar-refractivity contribution >= 4 is 11.8 Å². The maximum atomic E-state index is 14.2. The van der Waals surface area contributed by atoms with Crippen LogP contribution in [0.15, 0.2) is 18.2 Å².